The van der Waals surface area contributed by atoms with Gasteiger partial charge in [-0.2, -0.15) is 5.10 Å². The number of halogens is 1. The van der Waals surface area contributed by atoms with Gasteiger partial charge < -0.3 is 5.73 Å². The van der Waals surface area contributed by atoms with Crippen LogP contribution in [0.25, 0.3) is 22.3 Å². The second-order valence-electron chi connectivity index (χ2n) is 4.93. The lowest BCUT2D eigenvalue weighted by molar-refractivity contribution is 0.636. The molecule has 0 radical (unpaired) electrons. The SMILES string of the molecule is Nc1nc(-c2cn(Cc3cc[nH]n3)nn2)c2cccc(F)c2n1. The van der Waals surface area contributed by atoms with Crippen LogP contribution in [0.5, 0.6) is 0 Å². The molecule has 0 aliphatic rings. The molecule has 0 bridgehead atoms. The number of hydrogen-bond donors (Lipinski definition) is 2. The molecular formula is C14H11FN8. The maximum Gasteiger partial charge on any atom is 0.221 e. The third kappa shape index (κ3) is 2.37. The van der Waals surface area contributed by atoms with Crippen molar-refractivity contribution in [3.8, 4) is 11.4 Å². The second-order valence-corrected chi connectivity index (χ2v) is 4.93. The summed E-state index contributed by atoms with van der Waals surface area (Å²) >= 11 is 0. The summed E-state index contributed by atoms with van der Waals surface area (Å²) in [6, 6.07) is 6.48. The quantitative estimate of drug-likeness (QED) is 0.591. The summed E-state index contributed by atoms with van der Waals surface area (Å²) < 4.78 is 15.5. The van der Waals surface area contributed by atoms with Gasteiger partial charge in [0, 0.05) is 11.6 Å². The second kappa shape index (κ2) is 5.13. The van der Waals surface area contributed by atoms with E-state index in [1.54, 1.807) is 29.2 Å². The van der Waals surface area contributed by atoms with Crippen LogP contribution in [0, 0.1) is 5.82 Å². The smallest absolute Gasteiger partial charge is 0.221 e. The van der Waals surface area contributed by atoms with Crippen LogP contribution in [-0.2, 0) is 6.54 Å². The lowest BCUT2D eigenvalue weighted by atomic mass is 10.1. The average molecular weight is 310 g/mol. The van der Waals surface area contributed by atoms with Gasteiger partial charge in [0.1, 0.15) is 22.7 Å². The van der Waals surface area contributed by atoms with Gasteiger partial charge in [-0.3, -0.25) is 5.10 Å². The van der Waals surface area contributed by atoms with Gasteiger partial charge in [-0.05, 0) is 12.1 Å². The minimum atomic E-state index is -0.457. The number of benzene rings is 1. The monoisotopic (exact) mass is 310 g/mol. The molecule has 0 fully saturated rings. The largest absolute Gasteiger partial charge is 0.368 e. The van der Waals surface area contributed by atoms with Gasteiger partial charge in [0.25, 0.3) is 0 Å². The molecule has 0 unspecified atom stereocenters. The summed E-state index contributed by atoms with van der Waals surface area (Å²) in [5.41, 5.74) is 7.61. The Kier molecular flexibility index (Phi) is 2.97. The number of hydrogen-bond acceptors (Lipinski definition) is 6. The molecule has 3 aromatic heterocycles. The van der Waals surface area contributed by atoms with Crippen molar-refractivity contribution in [1.29, 1.82) is 0 Å². The predicted molar refractivity (Wildman–Crippen MR) is 80.6 cm³/mol. The molecule has 23 heavy (non-hydrogen) atoms. The Hall–Kier alpha value is -3.36. The molecule has 0 aliphatic carbocycles. The molecule has 1 aromatic carbocycles. The number of H-pyrrole nitrogens is 1. The molecule has 0 amide bonds. The Morgan fingerprint density at radius 2 is 2.13 bits per heavy atom. The van der Waals surface area contributed by atoms with Gasteiger partial charge in [-0.15, -0.1) is 5.10 Å². The van der Waals surface area contributed by atoms with E-state index in [-0.39, 0.29) is 11.5 Å². The highest BCUT2D eigenvalue weighted by Gasteiger charge is 2.14. The summed E-state index contributed by atoms with van der Waals surface area (Å²) in [6.07, 6.45) is 3.44. The molecule has 3 heterocycles. The lowest BCUT2D eigenvalue weighted by Crippen LogP contribution is -2.00. The zero-order valence-corrected chi connectivity index (χ0v) is 11.8. The Morgan fingerprint density at radius 3 is 2.96 bits per heavy atom. The fourth-order valence-electron chi connectivity index (χ4n) is 2.36. The number of rotatable bonds is 3. The molecule has 3 N–H and O–H groups in total. The van der Waals surface area contributed by atoms with Gasteiger partial charge in [0.05, 0.1) is 18.4 Å². The normalized spacial score (nSPS) is 11.2. The molecule has 0 saturated heterocycles. The zero-order chi connectivity index (χ0) is 15.8. The van der Waals surface area contributed by atoms with E-state index < -0.39 is 5.82 Å². The van der Waals surface area contributed by atoms with Crippen LogP contribution in [0.3, 0.4) is 0 Å². The summed E-state index contributed by atoms with van der Waals surface area (Å²) in [4.78, 5) is 8.14. The van der Waals surface area contributed by atoms with Crippen molar-refractivity contribution in [2.24, 2.45) is 0 Å². The van der Waals surface area contributed by atoms with Crippen LogP contribution in [-0.4, -0.2) is 35.2 Å². The number of nitrogens with zero attached hydrogens (tertiary/aromatic N) is 6. The highest BCUT2D eigenvalue weighted by molar-refractivity contribution is 5.92. The van der Waals surface area contributed by atoms with Crippen molar-refractivity contribution in [3.63, 3.8) is 0 Å². The standard InChI is InChI=1S/C14H11FN8/c15-10-3-1-2-9-12(10)18-14(16)19-13(9)11-7-23(22-21-11)6-8-4-5-17-20-8/h1-5,7H,6H2,(H,17,20)(H2,16,18,19). The number of fused-ring (bicyclic) bond motifs is 1. The van der Waals surface area contributed by atoms with E-state index >= 15 is 0 Å². The van der Waals surface area contributed by atoms with Crippen LogP contribution in [0.2, 0.25) is 0 Å². The van der Waals surface area contributed by atoms with E-state index in [2.05, 4.69) is 30.5 Å². The maximum absolute atomic E-state index is 13.9. The van der Waals surface area contributed by atoms with Crippen LogP contribution < -0.4 is 5.73 Å². The number of nitrogens with one attached hydrogen (secondary N) is 1. The number of anilines is 1. The lowest BCUT2D eigenvalue weighted by Gasteiger charge is -2.04. The van der Waals surface area contributed by atoms with E-state index in [9.17, 15) is 4.39 Å². The molecule has 4 rings (SSSR count). The molecule has 0 saturated carbocycles. The van der Waals surface area contributed by atoms with E-state index in [4.69, 9.17) is 5.73 Å². The number of aromatic amines is 1. The number of para-hydroxylation sites is 1. The predicted octanol–water partition coefficient (Wildman–Crippen LogP) is 1.38. The van der Waals surface area contributed by atoms with Crippen molar-refractivity contribution in [2.75, 3.05) is 5.73 Å². The first-order valence-corrected chi connectivity index (χ1v) is 6.81. The number of nitrogens with two attached hydrogens (primary N) is 1. The van der Waals surface area contributed by atoms with Crippen LogP contribution in [0.1, 0.15) is 5.69 Å². The van der Waals surface area contributed by atoms with Gasteiger partial charge >= 0.3 is 0 Å². The van der Waals surface area contributed by atoms with Crippen molar-refractivity contribution in [3.05, 3.63) is 48.2 Å². The average Bonchev–Trinajstić information content (AvgIpc) is 3.20. The zero-order valence-electron chi connectivity index (χ0n) is 11.8. The van der Waals surface area contributed by atoms with Gasteiger partial charge in [-0.25, -0.2) is 19.0 Å². The first kappa shape index (κ1) is 13.3. The Bertz CT molecular complexity index is 976. The summed E-state index contributed by atoms with van der Waals surface area (Å²) in [6.45, 7) is 0.462. The third-order valence-corrected chi connectivity index (χ3v) is 3.36. The molecule has 0 atom stereocenters. The maximum atomic E-state index is 13.9. The fourth-order valence-corrected chi connectivity index (χ4v) is 2.36. The van der Waals surface area contributed by atoms with Crippen molar-refractivity contribution in [2.45, 2.75) is 6.54 Å². The van der Waals surface area contributed by atoms with Crippen molar-refractivity contribution >= 4 is 16.9 Å². The topological polar surface area (TPSA) is 111 Å². The van der Waals surface area contributed by atoms with Crippen LogP contribution in [0.15, 0.2) is 36.7 Å². The van der Waals surface area contributed by atoms with Crippen LogP contribution >= 0.6 is 0 Å². The van der Waals surface area contributed by atoms with E-state index in [1.807, 2.05) is 6.07 Å². The van der Waals surface area contributed by atoms with Gasteiger partial charge in [0.2, 0.25) is 5.95 Å². The minimum Gasteiger partial charge on any atom is -0.368 e. The fraction of sp³-hybridized carbons (Fsp3) is 0.0714. The van der Waals surface area contributed by atoms with E-state index in [1.165, 1.54) is 6.07 Å². The summed E-state index contributed by atoms with van der Waals surface area (Å²) in [5.74, 6) is -0.471. The minimum absolute atomic E-state index is 0.0144. The number of nitrogen functional groups attached to an aromatic ring is 1. The third-order valence-electron chi connectivity index (χ3n) is 3.36. The Balaban J connectivity index is 1.80. The highest BCUT2D eigenvalue weighted by atomic mass is 19.1. The van der Waals surface area contributed by atoms with Crippen molar-refractivity contribution in [1.82, 2.24) is 35.2 Å². The summed E-state index contributed by atoms with van der Waals surface area (Å²) in [7, 11) is 0. The molecule has 0 aliphatic heterocycles. The first-order valence-electron chi connectivity index (χ1n) is 6.81. The molecule has 8 nitrogen and oxygen atoms in total. The molecule has 4 aromatic rings. The van der Waals surface area contributed by atoms with E-state index in [0.29, 0.717) is 23.3 Å². The van der Waals surface area contributed by atoms with Crippen LogP contribution in [0.4, 0.5) is 10.3 Å². The number of aromatic nitrogens is 7. The van der Waals surface area contributed by atoms with E-state index in [0.717, 1.165) is 5.69 Å². The van der Waals surface area contributed by atoms with Gasteiger partial charge in [0.15, 0.2) is 0 Å². The Morgan fingerprint density at radius 1 is 1.22 bits per heavy atom. The van der Waals surface area contributed by atoms with Crippen molar-refractivity contribution < 1.29 is 4.39 Å². The molecule has 0 spiro atoms. The molecule has 114 valence electrons. The Labute approximate surface area is 129 Å². The molecule has 9 heteroatoms. The molecular weight excluding hydrogens is 299 g/mol. The van der Waals surface area contributed by atoms with Gasteiger partial charge in [-0.1, -0.05) is 17.3 Å². The first-order chi connectivity index (χ1) is 11.2. The summed E-state index contributed by atoms with van der Waals surface area (Å²) in [5, 5.41) is 15.5. The highest BCUT2D eigenvalue weighted by Crippen LogP contribution is 2.26.